The molecule has 2 aliphatic carbocycles. The molecular weight excluding hydrogens is 405 g/mol. The molecule has 0 saturated carbocycles. The third-order valence-electron chi connectivity index (χ3n) is 5.27. The van der Waals surface area contributed by atoms with Gasteiger partial charge in [-0.1, -0.05) is 35.3 Å². The highest BCUT2D eigenvalue weighted by Crippen LogP contribution is 2.45. The molecule has 0 fully saturated rings. The van der Waals surface area contributed by atoms with Gasteiger partial charge in [-0.25, -0.2) is 8.78 Å². The summed E-state index contributed by atoms with van der Waals surface area (Å²) < 4.78 is 28.6. The summed E-state index contributed by atoms with van der Waals surface area (Å²) in [6.07, 6.45) is 4.03. The Hall–Kier alpha value is -2.30. The first-order chi connectivity index (χ1) is 13.3. The fourth-order valence-corrected chi connectivity index (χ4v) is 4.21. The molecule has 2 nitrogen and oxygen atoms in total. The Morgan fingerprint density at radius 1 is 0.786 bits per heavy atom. The summed E-state index contributed by atoms with van der Waals surface area (Å²) >= 11 is 11.6. The second-order valence-corrected chi connectivity index (χ2v) is 7.91. The van der Waals surface area contributed by atoms with Crippen LogP contribution in [0.15, 0.2) is 60.1 Å². The van der Waals surface area contributed by atoms with E-state index in [0.717, 1.165) is 0 Å². The Kier molecular flexibility index (Phi) is 4.94. The van der Waals surface area contributed by atoms with Gasteiger partial charge in [-0.15, -0.1) is 0 Å². The fourth-order valence-electron chi connectivity index (χ4n) is 3.90. The summed E-state index contributed by atoms with van der Waals surface area (Å²) in [6.45, 7) is 0. The Bertz CT molecular complexity index is 1060. The average Bonchev–Trinajstić information content (AvgIpc) is 2.62. The van der Waals surface area contributed by atoms with Gasteiger partial charge >= 0.3 is 0 Å². The summed E-state index contributed by atoms with van der Waals surface area (Å²) in [7, 11) is 0. The maximum Gasteiger partial charge on any atom is 0.132 e. The Labute approximate surface area is 171 Å². The van der Waals surface area contributed by atoms with Gasteiger partial charge in [-0.05, 0) is 54.7 Å². The topological polar surface area (TPSA) is 40.5 Å². The number of hydrogen-bond acceptors (Lipinski definition) is 2. The molecule has 4 rings (SSSR count). The van der Waals surface area contributed by atoms with Gasteiger partial charge in [0.05, 0.1) is 5.76 Å². The first kappa shape index (κ1) is 19.0. The van der Waals surface area contributed by atoms with Crippen LogP contribution in [-0.4, -0.2) is 10.2 Å². The molecule has 0 spiro atoms. The molecule has 0 saturated heterocycles. The SMILES string of the molecule is OC1=CC2CC(c3ccc(Cl)cc3F)=C(O)CC2C=C1c1ccc(Cl)cc1F. The fraction of sp³-hybridized carbons (Fsp3) is 0.182. The van der Waals surface area contributed by atoms with E-state index < -0.39 is 11.6 Å². The van der Waals surface area contributed by atoms with Gasteiger partial charge in [0, 0.05) is 38.7 Å². The lowest BCUT2D eigenvalue weighted by Gasteiger charge is -2.33. The van der Waals surface area contributed by atoms with Crippen LogP contribution in [0.2, 0.25) is 10.0 Å². The van der Waals surface area contributed by atoms with Gasteiger partial charge < -0.3 is 10.2 Å². The minimum Gasteiger partial charge on any atom is -0.512 e. The molecule has 0 aliphatic heterocycles. The van der Waals surface area contributed by atoms with Crippen LogP contribution in [-0.2, 0) is 0 Å². The predicted molar refractivity (Wildman–Crippen MR) is 107 cm³/mol. The van der Waals surface area contributed by atoms with Crippen molar-refractivity contribution in [3.05, 3.63) is 92.9 Å². The van der Waals surface area contributed by atoms with Crippen molar-refractivity contribution in [2.45, 2.75) is 12.8 Å². The highest BCUT2D eigenvalue weighted by atomic mass is 35.5. The van der Waals surface area contributed by atoms with Crippen LogP contribution in [0.25, 0.3) is 11.1 Å². The van der Waals surface area contributed by atoms with Crippen molar-refractivity contribution >= 4 is 34.3 Å². The van der Waals surface area contributed by atoms with Crippen molar-refractivity contribution in [3.63, 3.8) is 0 Å². The third kappa shape index (κ3) is 3.43. The van der Waals surface area contributed by atoms with Gasteiger partial charge in [0.1, 0.15) is 17.4 Å². The van der Waals surface area contributed by atoms with Crippen LogP contribution in [0.5, 0.6) is 0 Å². The average molecular weight is 421 g/mol. The maximum absolute atomic E-state index is 14.3. The third-order valence-corrected chi connectivity index (χ3v) is 5.74. The lowest BCUT2D eigenvalue weighted by molar-refractivity contribution is 0.315. The van der Waals surface area contributed by atoms with Crippen molar-refractivity contribution in [2.75, 3.05) is 0 Å². The first-order valence-electron chi connectivity index (χ1n) is 8.78. The van der Waals surface area contributed by atoms with E-state index in [1.165, 1.54) is 18.2 Å². The molecule has 2 aromatic carbocycles. The number of aliphatic hydroxyl groups is 2. The molecule has 2 atom stereocenters. The van der Waals surface area contributed by atoms with E-state index in [9.17, 15) is 19.0 Å². The van der Waals surface area contributed by atoms with E-state index in [-0.39, 0.29) is 45.4 Å². The van der Waals surface area contributed by atoms with Crippen LogP contribution in [0.1, 0.15) is 24.0 Å². The zero-order valence-corrected chi connectivity index (χ0v) is 16.1. The molecule has 28 heavy (non-hydrogen) atoms. The van der Waals surface area contributed by atoms with Gasteiger partial charge in [-0.3, -0.25) is 0 Å². The zero-order valence-electron chi connectivity index (χ0n) is 14.6. The van der Waals surface area contributed by atoms with Crippen LogP contribution in [0.4, 0.5) is 8.78 Å². The minimum absolute atomic E-state index is 0.0419. The number of benzene rings is 2. The summed E-state index contributed by atoms with van der Waals surface area (Å²) in [5.74, 6) is -1.27. The lowest BCUT2D eigenvalue weighted by Crippen LogP contribution is -2.22. The molecule has 0 aromatic heterocycles. The number of allylic oxidation sites excluding steroid dienone is 5. The number of hydrogen-bond donors (Lipinski definition) is 2. The van der Waals surface area contributed by atoms with Crippen molar-refractivity contribution in [1.82, 2.24) is 0 Å². The summed E-state index contributed by atoms with van der Waals surface area (Å²) in [6, 6.07) is 8.58. The Morgan fingerprint density at radius 3 is 1.96 bits per heavy atom. The van der Waals surface area contributed by atoms with Gasteiger partial charge in [0.2, 0.25) is 0 Å². The summed E-state index contributed by atoms with van der Waals surface area (Å²) in [5, 5.41) is 21.6. The first-order valence-corrected chi connectivity index (χ1v) is 9.54. The lowest BCUT2D eigenvalue weighted by atomic mass is 9.72. The molecule has 6 heteroatoms. The molecule has 2 aliphatic rings. The highest BCUT2D eigenvalue weighted by molar-refractivity contribution is 6.30. The molecule has 2 N–H and O–H groups in total. The molecule has 0 radical (unpaired) electrons. The van der Waals surface area contributed by atoms with Crippen LogP contribution in [0.3, 0.4) is 0 Å². The largest absolute Gasteiger partial charge is 0.512 e. The van der Waals surface area contributed by atoms with E-state index >= 15 is 0 Å². The second-order valence-electron chi connectivity index (χ2n) is 7.04. The van der Waals surface area contributed by atoms with Crippen molar-refractivity contribution in [1.29, 1.82) is 0 Å². The highest BCUT2D eigenvalue weighted by Gasteiger charge is 2.33. The van der Waals surface area contributed by atoms with Gasteiger partial charge in [-0.2, -0.15) is 0 Å². The number of fused-ring (bicyclic) bond motifs is 1. The molecule has 0 heterocycles. The maximum atomic E-state index is 14.3. The zero-order chi connectivity index (χ0) is 20.0. The number of halogens is 4. The molecule has 2 aromatic rings. The minimum atomic E-state index is -0.531. The van der Waals surface area contributed by atoms with E-state index in [0.29, 0.717) is 23.1 Å². The van der Waals surface area contributed by atoms with Crippen LogP contribution in [0, 0.1) is 23.5 Å². The van der Waals surface area contributed by atoms with Crippen molar-refractivity contribution in [2.24, 2.45) is 11.8 Å². The van der Waals surface area contributed by atoms with E-state index in [1.807, 2.05) is 0 Å². The Morgan fingerprint density at radius 2 is 1.36 bits per heavy atom. The van der Waals surface area contributed by atoms with Crippen molar-refractivity contribution < 1.29 is 19.0 Å². The Balaban J connectivity index is 1.70. The van der Waals surface area contributed by atoms with Gasteiger partial charge in [0.15, 0.2) is 0 Å². The van der Waals surface area contributed by atoms with E-state index in [1.54, 1.807) is 30.4 Å². The summed E-state index contributed by atoms with van der Waals surface area (Å²) in [4.78, 5) is 0. The number of aliphatic hydroxyl groups excluding tert-OH is 2. The van der Waals surface area contributed by atoms with E-state index in [4.69, 9.17) is 23.2 Å². The normalized spacial score (nSPS) is 21.9. The molecule has 0 bridgehead atoms. The van der Waals surface area contributed by atoms with Gasteiger partial charge in [0.25, 0.3) is 0 Å². The monoisotopic (exact) mass is 420 g/mol. The predicted octanol–water partition coefficient (Wildman–Crippen LogP) is 7.11. The van der Waals surface area contributed by atoms with Crippen LogP contribution >= 0.6 is 23.2 Å². The smallest absolute Gasteiger partial charge is 0.132 e. The van der Waals surface area contributed by atoms with Crippen LogP contribution < -0.4 is 0 Å². The quantitative estimate of drug-likeness (QED) is 0.543. The summed E-state index contributed by atoms with van der Waals surface area (Å²) in [5.41, 5.74) is 1.40. The molecule has 144 valence electrons. The second kappa shape index (κ2) is 7.26. The standard InChI is InChI=1S/C22H16Cl2F2O2/c23-13-1-3-15(19(25)9-13)17-5-11-8-22(28)18(6-12(11)7-21(17)27)16-4-2-14(24)10-20(16)26/h1-5,7,9-12,27-28H,6,8H2. The number of rotatable bonds is 2. The molecular formula is C22H16Cl2F2O2. The molecule has 2 unspecified atom stereocenters. The van der Waals surface area contributed by atoms with Crippen molar-refractivity contribution in [3.8, 4) is 0 Å². The van der Waals surface area contributed by atoms with E-state index in [2.05, 4.69) is 0 Å². The molecule has 0 amide bonds.